The molecule has 0 atom stereocenters. The predicted molar refractivity (Wildman–Crippen MR) is 131 cm³/mol. The molecule has 1 aliphatic rings. The Morgan fingerprint density at radius 3 is 2.43 bits per heavy atom. The molecule has 3 rings (SSSR count). The molecule has 35 heavy (non-hydrogen) atoms. The van der Waals surface area contributed by atoms with Crippen LogP contribution in [0.25, 0.3) is 6.08 Å². The lowest BCUT2D eigenvalue weighted by Gasteiger charge is -2.14. The average molecular weight is 540 g/mol. The number of halogens is 1. The highest BCUT2D eigenvalue weighted by Crippen LogP contribution is 2.40. The molecule has 1 saturated heterocycles. The van der Waals surface area contributed by atoms with E-state index in [0.717, 1.165) is 10.5 Å². The molecule has 1 heterocycles. The number of aryl methyl sites for hydroxylation is 1. The molecule has 0 aromatic heterocycles. The summed E-state index contributed by atoms with van der Waals surface area (Å²) in [7, 11) is -2.90. The first-order valence-electron chi connectivity index (χ1n) is 10.2. The summed E-state index contributed by atoms with van der Waals surface area (Å²) < 4.78 is 40.9. The van der Waals surface area contributed by atoms with Gasteiger partial charge in [0.1, 0.15) is 11.4 Å². The average Bonchev–Trinajstić information content (AvgIpc) is 3.02. The third kappa shape index (κ3) is 6.36. The van der Waals surface area contributed by atoms with Crippen LogP contribution in [0.1, 0.15) is 25.0 Å². The Labute approximate surface area is 212 Å². The first-order chi connectivity index (χ1) is 16.4. The van der Waals surface area contributed by atoms with Gasteiger partial charge >= 0.3 is 16.1 Å². The van der Waals surface area contributed by atoms with E-state index in [1.807, 2.05) is 6.92 Å². The van der Waals surface area contributed by atoms with Crippen molar-refractivity contribution in [2.45, 2.75) is 31.8 Å². The van der Waals surface area contributed by atoms with Gasteiger partial charge in [-0.15, -0.1) is 0 Å². The van der Waals surface area contributed by atoms with Crippen LogP contribution in [0.15, 0.2) is 46.2 Å². The number of hydrogen-bond acceptors (Lipinski definition) is 9. The van der Waals surface area contributed by atoms with Crippen molar-refractivity contribution in [2.75, 3.05) is 13.7 Å². The van der Waals surface area contributed by atoms with Crippen molar-refractivity contribution < 1.29 is 36.5 Å². The summed E-state index contributed by atoms with van der Waals surface area (Å²) in [5.41, 5.74) is 1.23. The number of benzene rings is 2. The van der Waals surface area contributed by atoms with E-state index in [1.165, 1.54) is 37.5 Å². The standard InChI is InChI=1S/C23H22ClNO8S2/c1-13(2)32-20(26)12-25-22(27)19(34-23(25)28)11-15-9-17(24)21(18(10-15)31-4)33-35(29,30)16-7-5-14(3)6-8-16/h5-11,13H,12H2,1-4H3/b19-11-. The maximum atomic E-state index is 12.7. The Bertz CT molecular complexity index is 1300. The van der Waals surface area contributed by atoms with Crippen molar-refractivity contribution in [3.05, 3.63) is 57.5 Å². The maximum Gasteiger partial charge on any atom is 0.339 e. The smallest absolute Gasteiger partial charge is 0.339 e. The van der Waals surface area contributed by atoms with Crippen LogP contribution in [0.5, 0.6) is 11.5 Å². The quantitative estimate of drug-likeness (QED) is 0.273. The summed E-state index contributed by atoms with van der Waals surface area (Å²) in [6, 6.07) is 8.86. The number of methoxy groups -OCH3 is 1. The second-order valence-corrected chi connectivity index (χ2v) is 10.6. The van der Waals surface area contributed by atoms with Gasteiger partial charge in [0.25, 0.3) is 11.1 Å². The van der Waals surface area contributed by atoms with Crippen molar-refractivity contribution in [3.8, 4) is 11.5 Å². The monoisotopic (exact) mass is 539 g/mol. The van der Waals surface area contributed by atoms with Gasteiger partial charge in [0.2, 0.25) is 5.75 Å². The number of nitrogens with zero attached hydrogens (tertiary/aromatic N) is 1. The van der Waals surface area contributed by atoms with Crippen LogP contribution >= 0.6 is 23.4 Å². The van der Waals surface area contributed by atoms with E-state index >= 15 is 0 Å². The van der Waals surface area contributed by atoms with Gasteiger partial charge in [-0.25, -0.2) is 0 Å². The minimum absolute atomic E-state index is 0.000763. The van der Waals surface area contributed by atoms with E-state index in [2.05, 4.69) is 0 Å². The normalized spacial score (nSPS) is 15.1. The second kappa shape index (κ2) is 10.7. The van der Waals surface area contributed by atoms with Crippen LogP contribution in [-0.2, 0) is 24.4 Å². The molecular weight excluding hydrogens is 518 g/mol. The second-order valence-electron chi connectivity index (χ2n) is 7.69. The number of carbonyl (C=O) groups excluding carboxylic acids is 3. The molecule has 12 heteroatoms. The molecule has 0 N–H and O–H groups in total. The number of imide groups is 1. The highest BCUT2D eigenvalue weighted by Gasteiger charge is 2.37. The Kier molecular flexibility index (Phi) is 8.14. The molecule has 9 nitrogen and oxygen atoms in total. The third-order valence-electron chi connectivity index (χ3n) is 4.58. The number of ether oxygens (including phenoxy) is 2. The van der Waals surface area contributed by atoms with Gasteiger partial charge in [0.15, 0.2) is 5.75 Å². The topological polar surface area (TPSA) is 116 Å². The summed E-state index contributed by atoms with van der Waals surface area (Å²) in [4.78, 5) is 37.5. The van der Waals surface area contributed by atoms with Crippen molar-refractivity contribution in [3.63, 3.8) is 0 Å². The Hall–Kier alpha value is -3.02. The zero-order valence-electron chi connectivity index (χ0n) is 19.2. The summed E-state index contributed by atoms with van der Waals surface area (Å²) in [6.07, 6.45) is 0.994. The van der Waals surface area contributed by atoms with Gasteiger partial charge in [0, 0.05) is 0 Å². The van der Waals surface area contributed by atoms with E-state index in [9.17, 15) is 22.8 Å². The summed E-state index contributed by atoms with van der Waals surface area (Å²) in [5.74, 6) is -1.60. The van der Waals surface area contributed by atoms with Crippen molar-refractivity contribution in [1.82, 2.24) is 4.90 Å². The fraction of sp³-hybridized carbons (Fsp3) is 0.261. The molecule has 1 aliphatic heterocycles. The van der Waals surface area contributed by atoms with Crippen molar-refractivity contribution in [2.24, 2.45) is 0 Å². The van der Waals surface area contributed by atoms with Crippen molar-refractivity contribution >= 4 is 56.7 Å². The summed E-state index contributed by atoms with van der Waals surface area (Å²) in [6.45, 7) is 4.63. The van der Waals surface area contributed by atoms with Crippen LogP contribution in [-0.4, -0.2) is 50.2 Å². The molecule has 2 aromatic carbocycles. The number of rotatable bonds is 8. The van der Waals surface area contributed by atoms with Crippen LogP contribution in [0.4, 0.5) is 4.79 Å². The zero-order valence-corrected chi connectivity index (χ0v) is 21.6. The lowest BCUT2D eigenvalue weighted by Crippen LogP contribution is -2.35. The van der Waals surface area contributed by atoms with Gasteiger partial charge in [-0.2, -0.15) is 8.42 Å². The highest BCUT2D eigenvalue weighted by atomic mass is 35.5. The fourth-order valence-corrected chi connectivity index (χ4v) is 5.08. The van der Waals surface area contributed by atoms with E-state index in [0.29, 0.717) is 17.3 Å². The molecule has 0 spiro atoms. The number of amides is 2. The number of thioether (sulfide) groups is 1. The molecule has 2 aromatic rings. The molecule has 0 radical (unpaired) electrons. The Morgan fingerprint density at radius 2 is 1.83 bits per heavy atom. The Balaban J connectivity index is 1.86. The molecule has 0 bridgehead atoms. The third-order valence-corrected chi connectivity index (χ3v) is 7.00. The van der Waals surface area contributed by atoms with Crippen LogP contribution in [0.3, 0.4) is 0 Å². The van der Waals surface area contributed by atoms with Crippen molar-refractivity contribution in [1.29, 1.82) is 0 Å². The lowest BCUT2D eigenvalue weighted by molar-refractivity contribution is -0.149. The van der Waals surface area contributed by atoms with E-state index in [1.54, 1.807) is 26.0 Å². The number of carbonyl (C=O) groups is 3. The zero-order chi connectivity index (χ0) is 25.9. The first kappa shape index (κ1) is 26.6. The highest BCUT2D eigenvalue weighted by molar-refractivity contribution is 8.18. The summed E-state index contributed by atoms with van der Waals surface area (Å²) >= 11 is 6.95. The first-order valence-corrected chi connectivity index (χ1v) is 12.8. The molecule has 2 amide bonds. The number of esters is 1. The molecule has 186 valence electrons. The van der Waals surface area contributed by atoms with Crippen LogP contribution in [0, 0.1) is 6.92 Å². The maximum absolute atomic E-state index is 12.7. The Morgan fingerprint density at radius 1 is 1.17 bits per heavy atom. The van der Waals surface area contributed by atoms with E-state index in [4.69, 9.17) is 25.3 Å². The fourth-order valence-electron chi connectivity index (χ4n) is 2.98. The largest absolute Gasteiger partial charge is 0.493 e. The molecule has 0 aliphatic carbocycles. The number of hydrogen-bond donors (Lipinski definition) is 0. The van der Waals surface area contributed by atoms with Gasteiger partial charge < -0.3 is 13.7 Å². The lowest BCUT2D eigenvalue weighted by atomic mass is 10.2. The molecule has 0 unspecified atom stereocenters. The van der Waals surface area contributed by atoms with E-state index in [-0.39, 0.29) is 32.4 Å². The SMILES string of the molecule is COc1cc(/C=C2\SC(=O)N(CC(=O)OC(C)C)C2=O)cc(Cl)c1OS(=O)(=O)c1ccc(C)cc1. The van der Waals surface area contributed by atoms with E-state index < -0.39 is 33.8 Å². The van der Waals surface area contributed by atoms with Crippen LogP contribution < -0.4 is 8.92 Å². The molecule has 0 saturated carbocycles. The van der Waals surface area contributed by atoms with Gasteiger partial charge in [-0.05, 0) is 68.4 Å². The van der Waals surface area contributed by atoms with Gasteiger partial charge in [-0.1, -0.05) is 29.3 Å². The van der Waals surface area contributed by atoms with Crippen LogP contribution in [0.2, 0.25) is 5.02 Å². The minimum atomic E-state index is -4.20. The molecule has 1 fully saturated rings. The van der Waals surface area contributed by atoms with Gasteiger partial charge in [0.05, 0.1) is 23.1 Å². The minimum Gasteiger partial charge on any atom is -0.493 e. The molecular formula is C23H22ClNO8S2. The predicted octanol–water partition coefficient (Wildman–Crippen LogP) is 4.41. The van der Waals surface area contributed by atoms with Gasteiger partial charge in [-0.3, -0.25) is 19.3 Å². The summed E-state index contributed by atoms with van der Waals surface area (Å²) in [5, 5.41) is -0.713.